The van der Waals surface area contributed by atoms with Gasteiger partial charge in [0.2, 0.25) is 5.91 Å². The first kappa shape index (κ1) is 17.4. The second-order valence-electron chi connectivity index (χ2n) is 5.49. The van der Waals surface area contributed by atoms with Gasteiger partial charge in [0, 0.05) is 72.4 Å². The first-order chi connectivity index (χ1) is 9.65. The fourth-order valence-electron chi connectivity index (χ4n) is 2.64. The minimum absolute atomic E-state index is 0.216. The molecule has 0 radical (unpaired) electrons. The average molecular weight is 284 g/mol. The quantitative estimate of drug-likeness (QED) is 0.751. The van der Waals surface area contributed by atoms with Crippen LogP contribution >= 0.6 is 0 Å². The summed E-state index contributed by atoms with van der Waals surface area (Å²) >= 11 is 0. The molecule has 2 rings (SSSR count). The Morgan fingerprint density at radius 2 is 1.20 bits per heavy atom. The topological polar surface area (TPSA) is 30.0 Å². The van der Waals surface area contributed by atoms with Gasteiger partial charge in [0.15, 0.2) is 0 Å². The van der Waals surface area contributed by atoms with Gasteiger partial charge in [-0.2, -0.15) is 0 Å². The number of piperazine rings is 2. The molecule has 5 nitrogen and oxygen atoms in total. The molecule has 0 spiro atoms. The lowest BCUT2D eigenvalue weighted by Crippen LogP contribution is -2.51. The summed E-state index contributed by atoms with van der Waals surface area (Å²) in [6, 6.07) is 0. The summed E-state index contributed by atoms with van der Waals surface area (Å²) in [5.41, 5.74) is 0. The van der Waals surface area contributed by atoms with E-state index in [1.807, 2.05) is 18.7 Å². The number of hydrogen-bond acceptors (Lipinski definition) is 4. The van der Waals surface area contributed by atoms with Crippen LogP contribution in [0.1, 0.15) is 20.8 Å². The number of likely N-dealkylation sites (N-methyl/N-ethyl adjacent to an activating group) is 1. The van der Waals surface area contributed by atoms with Gasteiger partial charge in [0.25, 0.3) is 0 Å². The van der Waals surface area contributed by atoms with E-state index in [2.05, 4.69) is 21.7 Å². The van der Waals surface area contributed by atoms with Gasteiger partial charge in [-0.3, -0.25) is 14.6 Å². The number of amides is 1. The van der Waals surface area contributed by atoms with Gasteiger partial charge in [-0.25, -0.2) is 0 Å². The zero-order valence-corrected chi connectivity index (χ0v) is 13.8. The Kier molecular flexibility index (Phi) is 8.11. The van der Waals surface area contributed by atoms with Crippen molar-refractivity contribution in [2.75, 3.05) is 72.5 Å². The number of carbonyl (C=O) groups excluding carboxylic acids is 1. The van der Waals surface area contributed by atoms with Crippen LogP contribution in [0.25, 0.3) is 0 Å². The first-order valence-electron chi connectivity index (χ1n) is 8.04. The monoisotopic (exact) mass is 284 g/mol. The standard InChI is InChI=1S/C13H26N4O.C2H6/c1-13(18)17-11-9-16(10-12-17)8-7-15-5-3-14(2)4-6-15;1-2/h3-12H2,1-2H3;1-2H3. The third-order valence-corrected chi connectivity index (χ3v) is 4.15. The molecule has 20 heavy (non-hydrogen) atoms. The summed E-state index contributed by atoms with van der Waals surface area (Å²) in [4.78, 5) is 20.6. The van der Waals surface area contributed by atoms with Gasteiger partial charge in [-0.05, 0) is 7.05 Å². The zero-order valence-electron chi connectivity index (χ0n) is 13.8. The molecule has 2 saturated heterocycles. The van der Waals surface area contributed by atoms with Gasteiger partial charge >= 0.3 is 0 Å². The second-order valence-corrected chi connectivity index (χ2v) is 5.49. The van der Waals surface area contributed by atoms with Crippen LogP contribution < -0.4 is 0 Å². The maximum absolute atomic E-state index is 11.2. The number of nitrogens with zero attached hydrogens (tertiary/aromatic N) is 4. The van der Waals surface area contributed by atoms with Crippen LogP contribution in [0.15, 0.2) is 0 Å². The smallest absolute Gasteiger partial charge is 0.219 e. The lowest BCUT2D eigenvalue weighted by molar-refractivity contribution is -0.130. The molecule has 2 aliphatic rings. The van der Waals surface area contributed by atoms with Gasteiger partial charge in [0.05, 0.1) is 0 Å². The Hall–Kier alpha value is -0.650. The molecule has 2 heterocycles. The molecular weight excluding hydrogens is 252 g/mol. The van der Waals surface area contributed by atoms with E-state index in [0.29, 0.717) is 0 Å². The molecule has 1 amide bonds. The van der Waals surface area contributed by atoms with E-state index in [1.54, 1.807) is 6.92 Å². The highest BCUT2D eigenvalue weighted by Gasteiger charge is 2.19. The van der Waals surface area contributed by atoms with Crippen LogP contribution in [0, 0.1) is 0 Å². The number of hydrogen-bond donors (Lipinski definition) is 0. The minimum atomic E-state index is 0.216. The number of carbonyl (C=O) groups is 1. The first-order valence-corrected chi connectivity index (χ1v) is 8.04. The van der Waals surface area contributed by atoms with Gasteiger partial charge in [0.1, 0.15) is 0 Å². The highest BCUT2D eigenvalue weighted by molar-refractivity contribution is 5.73. The zero-order chi connectivity index (χ0) is 15.0. The number of rotatable bonds is 3. The second kappa shape index (κ2) is 9.32. The van der Waals surface area contributed by atoms with E-state index in [4.69, 9.17) is 0 Å². The van der Waals surface area contributed by atoms with E-state index in [-0.39, 0.29) is 5.91 Å². The Balaban J connectivity index is 0.000000956. The van der Waals surface area contributed by atoms with Crippen molar-refractivity contribution in [1.29, 1.82) is 0 Å². The molecule has 2 fully saturated rings. The lowest BCUT2D eigenvalue weighted by Gasteiger charge is -2.37. The van der Waals surface area contributed by atoms with Crippen LogP contribution in [0.4, 0.5) is 0 Å². The minimum Gasteiger partial charge on any atom is -0.340 e. The van der Waals surface area contributed by atoms with Crippen LogP contribution in [0.5, 0.6) is 0 Å². The van der Waals surface area contributed by atoms with Gasteiger partial charge < -0.3 is 9.80 Å². The SMILES string of the molecule is CC.CC(=O)N1CCN(CCN2CCN(C)CC2)CC1. The van der Waals surface area contributed by atoms with Crippen molar-refractivity contribution < 1.29 is 4.79 Å². The van der Waals surface area contributed by atoms with Crippen LogP contribution in [-0.2, 0) is 4.79 Å². The molecule has 0 N–H and O–H groups in total. The van der Waals surface area contributed by atoms with Crippen molar-refractivity contribution in [1.82, 2.24) is 19.6 Å². The van der Waals surface area contributed by atoms with E-state index >= 15 is 0 Å². The predicted octanol–water partition coefficient (Wildman–Crippen LogP) is 0.424. The highest BCUT2D eigenvalue weighted by atomic mass is 16.2. The van der Waals surface area contributed by atoms with Crippen LogP contribution in [0.2, 0.25) is 0 Å². The Labute approximate surface area is 124 Å². The average Bonchev–Trinajstić information content (AvgIpc) is 2.49. The molecule has 0 unspecified atom stereocenters. The molecule has 0 saturated carbocycles. The summed E-state index contributed by atoms with van der Waals surface area (Å²) in [6.45, 7) is 16.6. The fraction of sp³-hybridized carbons (Fsp3) is 0.933. The maximum Gasteiger partial charge on any atom is 0.219 e. The summed E-state index contributed by atoms with van der Waals surface area (Å²) in [6.07, 6.45) is 0. The highest BCUT2D eigenvalue weighted by Crippen LogP contribution is 2.04. The predicted molar refractivity (Wildman–Crippen MR) is 84.0 cm³/mol. The molecule has 5 heteroatoms. The van der Waals surface area contributed by atoms with Crippen molar-refractivity contribution in [3.05, 3.63) is 0 Å². The maximum atomic E-state index is 11.2. The Morgan fingerprint density at radius 1 is 0.800 bits per heavy atom. The third kappa shape index (κ3) is 5.77. The van der Waals surface area contributed by atoms with Crippen LogP contribution in [-0.4, -0.2) is 98.0 Å². The molecule has 0 aliphatic carbocycles. The molecule has 0 atom stereocenters. The molecule has 0 bridgehead atoms. The molecule has 2 aliphatic heterocycles. The van der Waals surface area contributed by atoms with Gasteiger partial charge in [-0.1, -0.05) is 13.8 Å². The molecule has 0 aromatic carbocycles. The van der Waals surface area contributed by atoms with E-state index in [1.165, 1.54) is 32.7 Å². The third-order valence-electron chi connectivity index (χ3n) is 4.15. The van der Waals surface area contributed by atoms with Crippen molar-refractivity contribution in [3.63, 3.8) is 0 Å². The van der Waals surface area contributed by atoms with Crippen molar-refractivity contribution in [3.8, 4) is 0 Å². The molecule has 0 aromatic heterocycles. The van der Waals surface area contributed by atoms with E-state index < -0.39 is 0 Å². The summed E-state index contributed by atoms with van der Waals surface area (Å²) in [5.74, 6) is 0.216. The summed E-state index contributed by atoms with van der Waals surface area (Å²) in [5, 5.41) is 0. The van der Waals surface area contributed by atoms with Crippen LogP contribution in [0.3, 0.4) is 0 Å². The fourth-order valence-corrected chi connectivity index (χ4v) is 2.64. The summed E-state index contributed by atoms with van der Waals surface area (Å²) in [7, 11) is 2.19. The van der Waals surface area contributed by atoms with Crippen molar-refractivity contribution >= 4 is 5.91 Å². The normalized spacial score (nSPS) is 22.3. The Bertz CT molecular complexity index is 269. The van der Waals surface area contributed by atoms with Gasteiger partial charge in [-0.15, -0.1) is 0 Å². The molecule has 118 valence electrons. The van der Waals surface area contributed by atoms with E-state index in [9.17, 15) is 4.79 Å². The van der Waals surface area contributed by atoms with Crippen molar-refractivity contribution in [2.45, 2.75) is 20.8 Å². The van der Waals surface area contributed by atoms with E-state index in [0.717, 1.165) is 32.7 Å². The largest absolute Gasteiger partial charge is 0.340 e. The Morgan fingerprint density at radius 3 is 1.60 bits per heavy atom. The summed E-state index contributed by atoms with van der Waals surface area (Å²) < 4.78 is 0. The molecular formula is C15H32N4O. The van der Waals surface area contributed by atoms with Crippen molar-refractivity contribution in [2.24, 2.45) is 0 Å². The lowest BCUT2D eigenvalue weighted by atomic mass is 10.3. The molecule has 0 aromatic rings.